The highest BCUT2D eigenvalue weighted by atomic mass is 32.2. The molecule has 0 radical (unpaired) electrons. The van der Waals surface area contributed by atoms with Gasteiger partial charge in [0.1, 0.15) is 0 Å². The molecule has 0 saturated carbocycles. The van der Waals surface area contributed by atoms with Crippen LogP contribution in [0.1, 0.15) is 35.1 Å². The van der Waals surface area contributed by atoms with Gasteiger partial charge < -0.3 is 5.32 Å². The predicted octanol–water partition coefficient (Wildman–Crippen LogP) is 3.02. The van der Waals surface area contributed by atoms with Crippen molar-refractivity contribution >= 4 is 38.5 Å². The number of anilines is 2. The lowest BCUT2D eigenvalue weighted by Crippen LogP contribution is -2.38. The second-order valence-corrected chi connectivity index (χ2v) is 8.98. The lowest BCUT2D eigenvalue weighted by Gasteiger charge is -2.17. The highest BCUT2D eigenvalue weighted by molar-refractivity contribution is 7.91. The van der Waals surface area contributed by atoms with Crippen molar-refractivity contribution in [3.05, 3.63) is 52.7 Å². The predicted molar refractivity (Wildman–Crippen MR) is 111 cm³/mol. The SMILES string of the molecule is O=C(Nc1c2c(cc3c1CCC3)CCC2)NS(=O)(=O)Nc1ccc2[nH]ncc2c1. The molecule has 29 heavy (non-hydrogen) atoms. The normalized spacial score (nSPS) is 15.2. The summed E-state index contributed by atoms with van der Waals surface area (Å²) in [6, 6.07) is 6.48. The number of nitrogens with zero attached hydrogens (tertiary/aromatic N) is 1. The molecule has 1 heterocycles. The molecule has 2 aliphatic carbocycles. The van der Waals surface area contributed by atoms with Crippen molar-refractivity contribution in [2.24, 2.45) is 0 Å². The summed E-state index contributed by atoms with van der Waals surface area (Å²) in [5.41, 5.74) is 6.80. The van der Waals surface area contributed by atoms with Gasteiger partial charge in [-0.25, -0.2) is 9.52 Å². The zero-order valence-corrected chi connectivity index (χ0v) is 16.5. The van der Waals surface area contributed by atoms with Crippen molar-refractivity contribution in [3.8, 4) is 0 Å². The van der Waals surface area contributed by atoms with Crippen LogP contribution < -0.4 is 14.8 Å². The topological polar surface area (TPSA) is 116 Å². The molecule has 2 amide bonds. The molecule has 1 aromatic heterocycles. The van der Waals surface area contributed by atoms with E-state index in [1.807, 2.05) is 0 Å². The van der Waals surface area contributed by atoms with Gasteiger partial charge in [0.15, 0.2) is 0 Å². The van der Waals surface area contributed by atoms with Crippen molar-refractivity contribution in [3.63, 3.8) is 0 Å². The van der Waals surface area contributed by atoms with Crippen LogP contribution in [0.25, 0.3) is 10.9 Å². The Kier molecular flexibility index (Phi) is 4.20. The maximum absolute atomic E-state index is 12.5. The first-order chi connectivity index (χ1) is 14.0. The van der Waals surface area contributed by atoms with Gasteiger partial charge in [-0.15, -0.1) is 0 Å². The average molecular weight is 411 g/mol. The molecule has 0 spiro atoms. The number of amides is 2. The van der Waals surface area contributed by atoms with Crippen molar-refractivity contribution in [1.82, 2.24) is 14.9 Å². The lowest BCUT2D eigenvalue weighted by atomic mass is 9.99. The van der Waals surface area contributed by atoms with E-state index in [0.29, 0.717) is 5.69 Å². The maximum atomic E-state index is 12.5. The van der Waals surface area contributed by atoms with Gasteiger partial charge in [-0.1, -0.05) is 6.07 Å². The monoisotopic (exact) mass is 411 g/mol. The maximum Gasteiger partial charge on any atom is 0.334 e. The van der Waals surface area contributed by atoms with Crippen LogP contribution >= 0.6 is 0 Å². The Balaban J connectivity index is 1.34. The minimum absolute atomic E-state index is 0.348. The van der Waals surface area contributed by atoms with E-state index >= 15 is 0 Å². The molecular weight excluding hydrogens is 390 g/mol. The fraction of sp³-hybridized carbons (Fsp3) is 0.300. The van der Waals surface area contributed by atoms with Gasteiger partial charge in [-0.3, -0.25) is 9.82 Å². The number of H-pyrrole nitrogens is 1. The summed E-state index contributed by atoms with van der Waals surface area (Å²) in [6.07, 6.45) is 7.56. The molecule has 0 saturated heterocycles. The molecule has 0 bridgehead atoms. The van der Waals surface area contributed by atoms with Gasteiger partial charge in [0.25, 0.3) is 0 Å². The summed E-state index contributed by atoms with van der Waals surface area (Å²) < 4.78 is 29.3. The van der Waals surface area contributed by atoms with Gasteiger partial charge in [-0.05, 0) is 79.0 Å². The van der Waals surface area contributed by atoms with Crippen molar-refractivity contribution in [1.29, 1.82) is 0 Å². The number of aryl methyl sites for hydroxylation is 2. The largest absolute Gasteiger partial charge is 0.334 e. The Morgan fingerprint density at radius 3 is 2.45 bits per heavy atom. The number of nitrogens with one attached hydrogen (secondary N) is 4. The molecule has 9 heteroatoms. The first kappa shape index (κ1) is 18.0. The number of aromatic nitrogens is 2. The van der Waals surface area contributed by atoms with Crippen LogP contribution in [0.3, 0.4) is 0 Å². The average Bonchev–Trinajstić information content (AvgIpc) is 3.40. The van der Waals surface area contributed by atoms with E-state index in [1.54, 1.807) is 24.4 Å². The molecule has 2 aliphatic rings. The number of carbonyl (C=O) groups is 1. The second kappa shape index (κ2) is 6.77. The Morgan fingerprint density at radius 1 is 1.00 bits per heavy atom. The van der Waals surface area contributed by atoms with E-state index in [-0.39, 0.29) is 0 Å². The summed E-state index contributed by atoms with van der Waals surface area (Å²) in [5.74, 6) is 0. The van der Waals surface area contributed by atoms with E-state index in [9.17, 15) is 13.2 Å². The van der Waals surface area contributed by atoms with E-state index < -0.39 is 16.2 Å². The molecule has 0 fully saturated rings. The second-order valence-electron chi connectivity index (χ2n) is 7.57. The molecule has 3 aromatic rings. The van der Waals surface area contributed by atoms with Crippen LogP contribution in [0.2, 0.25) is 0 Å². The molecule has 150 valence electrons. The number of hydrogen-bond donors (Lipinski definition) is 4. The number of fused-ring (bicyclic) bond motifs is 3. The minimum atomic E-state index is -4.08. The number of aromatic amines is 1. The fourth-order valence-electron chi connectivity index (χ4n) is 4.42. The number of rotatable bonds is 4. The highest BCUT2D eigenvalue weighted by Crippen LogP contribution is 2.38. The van der Waals surface area contributed by atoms with Crippen LogP contribution in [0.4, 0.5) is 16.2 Å². The van der Waals surface area contributed by atoms with E-state index in [0.717, 1.165) is 66.2 Å². The molecule has 5 rings (SSSR count). The summed E-state index contributed by atoms with van der Waals surface area (Å²) in [6.45, 7) is 0. The van der Waals surface area contributed by atoms with E-state index in [1.165, 1.54) is 11.1 Å². The third-order valence-electron chi connectivity index (χ3n) is 5.63. The number of benzene rings is 2. The number of hydrogen-bond acceptors (Lipinski definition) is 4. The van der Waals surface area contributed by atoms with Crippen molar-refractivity contribution in [2.45, 2.75) is 38.5 Å². The molecule has 2 aromatic carbocycles. The summed E-state index contributed by atoms with van der Waals surface area (Å²) in [4.78, 5) is 12.5. The standard InChI is InChI=1S/C20H21N5O3S/c26-20(22-19-16-5-1-3-12(16)9-13-4-2-6-17(13)19)25-29(27,28)24-15-7-8-18-14(10-15)11-21-23-18/h7-11,24H,1-6H2,(H,21,23)(H2,22,25,26). The Bertz CT molecular complexity index is 1200. The molecule has 0 unspecified atom stereocenters. The van der Waals surface area contributed by atoms with Gasteiger partial charge >= 0.3 is 16.2 Å². The first-order valence-electron chi connectivity index (χ1n) is 9.70. The third-order valence-corrected chi connectivity index (χ3v) is 6.59. The van der Waals surface area contributed by atoms with Crippen LogP contribution in [0.5, 0.6) is 0 Å². The first-order valence-corrected chi connectivity index (χ1v) is 11.2. The van der Waals surface area contributed by atoms with Crippen LogP contribution in [0.15, 0.2) is 30.5 Å². The molecular formula is C20H21N5O3S. The third kappa shape index (κ3) is 3.42. The molecule has 4 N–H and O–H groups in total. The zero-order valence-electron chi connectivity index (χ0n) is 15.7. The fourth-order valence-corrected chi connectivity index (χ4v) is 5.20. The molecule has 0 atom stereocenters. The minimum Gasteiger partial charge on any atom is -0.307 e. The van der Waals surface area contributed by atoms with Gasteiger partial charge in [0, 0.05) is 11.1 Å². The van der Waals surface area contributed by atoms with Gasteiger partial charge in [0.05, 0.1) is 17.4 Å². The van der Waals surface area contributed by atoms with E-state index in [2.05, 4.69) is 31.0 Å². The Morgan fingerprint density at radius 2 is 1.72 bits per heavy atom. The Labute approximate surface area is 168 Å². The smallest absolute Gasteiger partial charge is 0.307 e. The Hall–Kier alpha value is -3.07. The van der Waals surface area contributed by atoms with Gasteiger partial charge in [-0.2, -0.15) is 13.5 Å². The zero-order chi connectivity index (χ0) is 20.0. The summed E-state index contributed by atoms with van der Waals surface area (Å²) >= 11 is 0. The quantitative estimate of drug-likeness (QED) is 0.528. The number of urea groups is 1. The van der Waals surface area contributed by atoms with E-state index in [4.69, 9.17) is 0 Å². The highest BCUT2D eigenvalue weighted by Gasteiger charge is 2.26. The van der Waals surface area contributed by atoms with Crippen LogP contribution in [0, 0.1) is 0 Å². The number of carbonyl (C=O) groups excluding carboxylic acids is 1. The molecule has 0 aliphatic heterocycles. The molecule has 8 nitrogen and oxygen atoms in total. The summed E-state index contributed by atoms with van der Waals surface area (Å²) in [7, 11) is -4.08. The van der Waals surface area contributed by atoms with Crippen molar-refractivity contribution in [2.75, 3.05) is 10.0 Å². The van der Waals surface area contributed by atoms with Crippen LogP contribution in [-0.2, 0) is 35.9 Å². The van der Waals surface area contributed by atoms with Crippen LogP contribution in [-0.4, -0.2) is 24.6 Å². The summed E-state index contributed by atoms with van der Waals surface area (Å²) in [5, 5.41) is 10.3. The lowest BCUT2D eigenvalue weighted by molar-refractivity contribution is 0.256. The van der Waals surface area contributed by atoms with Crippen molar-refractivity contribution < 1.29 is 13.2 Å². The van der Waals surface area contributed by atoms with Gasteiger partial charge in [0.2, 0.25) is 0 Å².